The van der Waals surface area contributed by atoms with Crippen LogP contribution in [0.25, 0.3) is 0 Å². The lowest BCUT2D eigenvalue weighted by Crippen LogP contribution is -2.30. The average molecular weight is 311 g/mol. The fourth-order valence-corrected chi connectivity index (χ4v) is 1.98. The maximum absolute atomic E-state index is 12.2. The van der Waals surface area contributed by atoms with E-state index in [1.807, 2.05) is 31.2 Å². The van der Waals surface area contributed by atoms with E-state index in [2.05, 4.69) is 11.9 Å². The van der Waals surface area contributed by atoms with Crippen LogP contribution in [0.5, 0.6) is 11.5 Å². The number of rotatable bonds is 7. The molecule has 2 rings (SSSR count). The van der Waals surface area contributed by atoms with Crippen molar-refractivity contribution in [2.75, 3.05) is 11.9 Å². The van der Waals surface area contributed by atoms with Gasteiger partial charge in [-0.1, -0.05) is 24.8 Å². The molecule has 0 aromatic heterocycles. The highest BCUT2D eigenvalue weighted by molar-refractivity contribution is 5.94. The zero-order valence-corrected chi connectivity index (χ0v) is 13.4. The van der Waals surface area contributed by atoms with Crippen molar-refractivity contribution in [1.82, 2.24) is 0 Å². The van der Waals surface area contributed by atoms with Crippen LogP contribution < -0.4 is 14.8 Å². The fourth-order valence-electron chi connectivity index (χ4n) is 1.98. The zero-order valence-electron chi connectivity index (χ0n) is 13.4. The molecule has 2 aromatic rings. The Bertz CT molecular complexity index is 665. The summed E-state index contributed by atoms with van der Waals surface area (Å²) in [5, 5.41) is 2.82. The quantitative estimate of drug-likeness (QED) is 0.787. The van der Waals surface area contributed by atoms with E-state index < -0.39 is 6.10 Å². The van der Waals surface area contributed by atoms with E-state index in [0.29, 0.717) is 18.0 Å². The van der Waals surface area contributed by atoms with Crippen molar-refractivity contribution in [3.63, 3.8) is 0 Å². The molecule has 0 unspecified atom stereocenters. The first-order chi connectivity index (χ1) is 11.1. The number of hydrogen-bond donors (Lipinski definition) is 1. The molecule has 0 spiro atoms. The Morgan fingerprint density at radius 1 is 1.22 bits per heavy atom. The van der Waals surface area contributed by atoms with Crippen molar-refractivity contribution in [1.29, 1.82) is 0 Å². The molecular formula is C19H21NO3. The van der Waals surface area contributed by atoms with Crippen LogP contribution >= 0.6 is 0 Å². The number of carbonyl (C=O) groups is 1. The molecule has 1 N–H and O–H groups in total. The van der Waals surface area contributed by atoms with Gasteiger partial charge in [-0.3, -0.25) is 4.79 Å². The Morgan fingerprint density at radius 2 is 1.96 bits per heavy atom. The van der Waals surface area contributed by atoms with Gasteiger partial charge in [0.15, 0.2) is 6.10 Å². The second-order valence-electron chi connectivity index (χ2n) is 5.19. The normalized spacial score (nSPS) is 11.4. The number of aryl methyl sites for hydroxylation is 1. The Kier molecular flexibility index (Phi) is 5.80. The van der Waals surface area contributed by atoms with E-state index in [-0.39, 0.29) is 5.91 Å². The standard InChI is InChI=1S/C19H21NO3/c1-4-12-22-17-10-8-16(9-11-17)20-19(21)15(3)23-18-7-5-6-14(2)13-18/h4-11,13,15H,1,12H2,2-3H3,(H,20,21)/t15-/m0/s1. The van der Waals surface area contributed by atoms with Crippen LogP contribution in [0.2, 0.25) is 0 Å². The molecule has 0 saturated carbocycles. The van der Waals surface area contributed by atoms with Gasteiger partial charge in [0.25, 0.3) is 5.91 Å². The van der Waals surface area contributed by atoms with Crippen LogP contribution in [-0.4, -0.2) is 18.6 Å². The first kappa shape index (κ1) is 16.6. The van der Waals surface area contributed by atoms with Crippen molar-refractivity contribution in [2.24, 2.45) is 0 Å². The molecule has 4 heteroatoms. The number of anilines is 1. The zero-order chi connectivity index (χ0) is 16.7. The van der Waals surface area contributed by atoms with Gasteiger partial charge in [0.05, 0.1) is 0 Å². The third-order valence-corrected chi connectivity index (χ3v) is 3.16. The average Bonchev–Trinajstić information content (AvgIpc) is 2.54. The summed E-state index contributed by atoms with van der Waals surface area (Å²) in [6.45, 7) is 7.75. The van der Waals surface area contributed by atoms with Crippen LogP contribution in [0.1, 0.15) is 12.5 Å². The van der Waals surface area contributed by atoms with Crippen molar-refractivity contribution in [2.45, 2.75) is 20.0 Å². The molecule has 0 radical (unpaired) electrons. The Labute approximate surface area is 136 Å². The Balaban J connectivity index is 1.91. The molecule has 0 heterocycles. The minimum atomic E-state index is -0.589. The van der Waals surface area contributed by atoms with Crippen molar-refractivity contribution in [3.8, 4) is 11.5 Å². The second-order valence-corrected chi connectivity index (χ2v) is 5.19. The highest BCUT2D eigenvalue weighted by Crippen LogP contribution is 2.17. The van der Waals surface area contributed by atoms with Gasteiger partial charge in [-0.05, 0) is 55.8 Å². The molecule has 0 saturated heterocycles. The summed E-state index contributed by atoms with van der Waals surface area (Å²) in [6.07, 6.45) is 1.09. The SMILES string of the molecule is C=CCOc1ccc(NC(=O)[C@H](C)Oc2cccc(C)c2)cc1. The number of ether oxygens (including phenoxy) is 2. The molecular weight excluding hydrogens is 290 g/mol. The summed E-state index contributed by atoms with van der Waals surface area (Å²) in [4.78, 5) is 12.2. The summed E-state index contributed by atoms with van der Waals surface area (Å²) in [5.74, 6) is 1.21. The molecule has 1 amide bonds. The molecule has 0 aliphatic carbocycles. The van der Waals surface area contributed by atoms with E-state index >= 15 is 0 Å². The fraction of sp³-hybridized carbons (Fsp3) is 0.211. The highest BCUT2D eigenvalue weighted by Gasteiger charge is 2.14. The monoisotopic (exact) mass is 311 g/mol. The number of amides is 1. The lowest BCUT2D eigenvalue weighted by Gasteiger charge is -2.15. The summed E-state index contributed by atoms with van der Waals surface area (Å²) in [6, 6.07) is 14.8. The van der Waals surface area contributed by atoms with Gasteiger partial charge < -0.3 is 14.8 Å². The lowest BCUT2D eigenvalue weighted by atomic mass is 10.2. The minimum absolute atomic E-state index is 0.203. The van der Waals surface area contributed by atoms with Gasteiger partial charge >= 0.3 is 0 Å². The maximum atomic E-state index is 12.2. The smallest absolute Gasteiger partial charge is 0.265 e. The molecule has 1 atom stereocenters. The molecule has 23 heavy (non-hydrogen) atoms. The van der Waals surface area contributed by atoms with E-state index in [0.717, 1.165) is 11.3 Å². The molecule has 0 aliphatic heterocycles. The Hall–Kier alpha value is -2.75. The van der Waals surface area contributed by atoms with E-state index in [9.17, 15) is 4.79 Å². The first-order valence-electron chi connectivity index (χ1n) is 7.46. The van der Waals surface area contributed by atoms with Crippen LogP contribution in [-0.2, 0) is 4.79 Å². The maximum Gasteiger partial charge on any atom is 0.265 e. The van der Waals surface area contributed by atoms with Crippen molar-refractivity contribution < 1.29 is 14.3 Å². The van der Waals surface area contributed by atoms with Crippen molar-refractivity contribution >= 4 is 11.6 Å². The molecule has 120 valence electrons. The largest absolute Gasteiger partial charge is 0.490 e. The summed E-state index contributed by atoms with van der Waals surface area (Å²) < 4.78 is 11.1. The number of hydrogen-bond acceptors (Lipinski definition) is 3. The van der Waals surface area contributed by atoms with E-state index in [4.69, 9.17) is 9.47 Å². The number of benzene rings is 2. The minimum Gasteiger partial charge on any atom is -0.490 e. The first-order valence-corrected chi connectivity index (χ1v) is 7.46. The van der Waals surface area contributed by atoms with Crippen molar-refractivity contribution in [3.05, 3.63) is 66.7 Å². The summed E-state index contributed by atoms with van der Waals surface area (Å²) in [7, 11) is 0. The summed E-state index contributed by atoms with van der Waals surface area (Å²) >= 11 is 0. The van der Waals surface area contributed by atoms with E-state index in [1.165, 1.54) is 0 Å². The van der Waals surface area contributed by atoms with Crippen LogP contribution in [0.4, 0.5) is 5.69 Å². The topological polar surface area (TPSA) is 47.6 Å². The number of carbonyl (C=O) groups excluding carboxylic acids is 1. The van der Waals surface area contributed by atoms with E-state index in [1.54, 1.807) is 37.3 Å². The van der Waals surface area contributed by atoms with Gasteiger partial charge in [0.1, 0.15) is 18.1 Å². The van der Waals surface area contributed by atoms with Crippen LogP contribution in [0.3, 0.4) is 0 Å². The van der Waals surface area contributed by atoms with Gasteiger partial charge in [-0.15, -0.1) is 0 Å². The van der Waals surface area contributed by atoms with Crippen LogP contribution in [0.15, 0.2) is 61.2 Å². The summed E-state index contributed by atoms with van der Waals surface area (Å²) in [5.41, 5.74) is 1.78. The number of nitrogens with one attached hydrogen (secondary N) is 1. The molecule has 0 fully saturated rings. The second kappa shape index (κ2) is 8.03. The lowest BCUT2D eigenvalue weighted by molar-refractivity contribution is -0.122. The molecule has 0 aliphatic rings. The third-order valence-electron chi connectivity index (χ3n) is 3.16. The molecule has 0 bridgehead atoms. The van der Waals surface area contributed by atoms with Gasteiger partial charge in [-0.2, -0.15) is 0 Å². The van der Waals surface area contributed by atoms with Gasteiger partial charge in [0, 0.05) is 5.69 Å². The molecule has 4 nitrogen and oxygen atoms in total. The van der Waals surface area contributed by atoms with Gasteiger partial charge in [0.2, 0.25) is 0 Å². The third kappa shape index (κ3) is 5.18. The molecule has 2 aromatic carbocycles. The van der Waals surface area contributed by atoms with Crippen LogP contribution in [0, 0.1) is 6.92 Å². The predicted molar refractivity (Wildman–Crippen MR) is 92.0 cm³/mol. The van der Waals surface area contributed by atoms with Gasteiger partial charge in [-0.25, -0.2) is 0 Å². The predicted octanol–water partition coefficient (Wildman–Crippen LogP) is 3.97. The Morgan fingerprint density at radius 3 is 2.61 bits per heavy atom. The highest BCUT2D eigenvalue weighted by atomic mass is 16.5.